The topological polar surface area (TPSA) is 47.0 Å². The smallest absolute Gasteiger partial charge is 0.166 e. The molecule has 28 heavy (non-hydrogen) atoms. The quantitative estimate of drug-likeness (QED) is 0.266. The molecular weight excluding hydrogens is 369 g/mol. The third-order valence-electron chi connectivity index (χ3n) is 6.64. The van der Waals surface area contributed by atoms with Crippen molar-refractivity contribution in [3.05, 3.63) is 34.1 Å². The maximum absolute atomic E-state index is 12.7. The summed E-state index contributed by atoms with van der Waals surface area (Å²) in [5.41, 5.74) is 2.82. The third kappa shape index (κ3) is 4.59. The van der Waals surface area contributed by atoms with E-state index in [0.717, 1.165) is 36.8 Å². The van der Waals surface area contributed by atoms with Gasteiger partial charge in [-0.3, -0.25) is 9.59 Å². The average molecular weight is 398 g/mol. The molecule has 0 bridgehead atoms. The van der Waals surface area contributed by atoms with Gasteiger partial charge in [-0.25, -0.2) is 4.98 Å². The lowest BCUT2D eigenvalue weighted by Crippen LogP contribution is -2.26. The molecule has 0 spiro atoms. The lowest BCUT2D eigenvalue weighted by molar-refractivity contribution is -0.117. The van der Waals surface area contributed by atoms with Gasteiger partial charge in [0.15, 0.2) is 12.1 Å². The summed E-state index contributed by atoms with van der Waals surface area (Å²) in [6, 6.07) is 1.90. The first-order valence-corrected chi connectivity index (χ1v) is 11.0. The van der Waals surface area contributed by atoms with Crippen LogP contribution in [0.15, 0.2) is 17.8 Å². The first kappa shape index (κ1) is 21.3. The molecule has 2 radical (unpaired) electrons. The number of hydrogen-bond donors (Lipinski definition) is 0. The van der Waals surface area contributed by atoms with Crippen LogP contribution in [0.4, 0.5) is 0 Å². The van der Waals surface area contributed by atoms with Gasteiger partial charge in [-0.15, -0.1) is 0 Å². The minimum Gasteiger partial charge on any atom is -0.298 e. The number of aldehydes is 1. The van der Waals surface area contributed by atoms with E-state index in [0.29, 0.717) is 29.9 Å². The van der Waals surface area contributed by atoms with Gasteiger partial charge < -0.3 is 0 Å². The average Bonchev–Trinajstić information content (AvgIpc) is 2.67. The van der Waals surface area contributed by atoms with Crippen molar-refractivity contribution in [3.63, 3.8) is 0 Å². The Balaban J connectivity index is 2.08. The fraction of sp³-hybridized carbons (Fsp3) is 0.609. The molecule has 1 aromatic rings. The highest BCUT2D eigenvalue weighted by molar-refractivity contribution is 6.29. The lowest BCUT2D eigenvalue weighted by Gasteiger charge is -2.41. The van der Waals surface area contributed by atoms with Crippen molar-refractivity contribution in [1.82, 2.24) is 4.98 Å². The number of carbonyl (C=O) groups is 2. The molecule has 0 aromatic carbocycles. The molecular formula is C23H29BClNO2. The van der Waals surface area contributed by atoms with E-state index in [-0.39, 0.29) is 22.6 Å². The molecule has 5 heteroatoms. The van der Waals surface area contributed by atoms with Crippen LogP contribution in [0.1, 0.15) is 94.6 Å². The van der Waals surface area contributed by atoms with E-state index in [1.807, 2.05) is 13.0 Å². The van der Waals surface area contributed by atoms with Gasteiger partial charge in [0.05, 0.1) is 13.4 Å². The van der Waals surface area contributed by atoms with E-state index in [9.17, 15) is 9.59 Å². The molecule has 0 N–H and O–H groups in total. The summed E-state index contributed by atoms with van der Waals surface area (Å²) < 4.78 is 0. The van der Waals surface area contributed by atoms with E-state index < -0.39 is 0 Å². The lowest BCUT2D eigenvalue weighted by atomic mass is 9.52. The Kier molecular flexibility index (Phi) is 7.14. The largest absolute Gasteiger partial charge is 0.298 e. The molecule has 1 atom stereocenters. The highest BCUT2D eigenvalue weighted by atomic mass is 35.5. The van der Waals surface area contributed by atoms with Gasteiger partial charge in [-0.2, -0.15) is 0 Å². The summed E-state index contributed by atoms with van der Waals surface area (Å²) in [4.78, 5) is 28.5. The van der Waals surface area contributed by atoms with Crippen molar-refractivity contribution in [1.29, 1.82) is 0 Å². The number of allylic oxidation sites excluding steroid dienone is 2. The maximum atomic E-state index is 12.7. The Labute approximate surface area is 174 Å². The van der Waals surface area contributed by atoms with Gasteiger partial charge in [-0.05, 0) is 36.5 Å². The summed E-state index contributed by atoms with van der Waals surface area (Å²) >= 11 is 6.27. The second-order valence-electron chi connectivity index (χ2n) is 8.47. The van der Waals surface area contributed by atoms with Crippen LogP contribution < -0.4 is 0 Å². The SMILES string of the molecule is [B]C1(C2CCC(=O)/C(C=O)=C(/C)c3cnc(Cl)cc32)CCCCCCCCC1. The van der Waals surface area contributed by atoms with Crippen LogP contribution in [0.2, 0.25) is 10.5 Å². The van der Waals surface area contributed by atoms with Crippen molar-refractivity contribution < 1.29 is 9.59 Å². The Morgan fingerprint density at radius 2 is 1.75 bits per heavy atom. The minimum atomic E-state index is -0.365. The number of pyridine rings is 1. The maximum Gasteiger partial charge on any atom is 0.166 e. The van der Waals surface area contributed by atoms with Gasteiger partial charge in [0.1, 0.15) is 5.15 Å². The number of fused-ring (bicyclic) bond motifs is 1. The molecule has 2 aliphatic carbocycles. The van der Waals surface area contributed by atoms with Gasteiger partial charge in [-0.1, -0.05) is 74.7 Å². The first-order chi connectivity index (χ1) is 13.5. The number of rotatable bonds is 2. The molecule has 0 amide bonds. The van der Waals surface area contributed by atoms with E-state index in [1.54, 1.807) is 6.20 Å². The van der Waals surface area contributed by atoms with E-state index in [4.69, 9.17) is 19.4 Å². The normalized spacial score (nSPS) is 26.6. The molecule has 3 nitrogen and oxygen atoms in total. The molecule has 3 rings (SSSR count). The third-order valence-corrected chi connectivity index (χ3v) is 6.85. The molecule has 1 saturated carbocycles. The van der Waals surface area contributed by atoms with Crippen molar-refractivity contribution >= 4 is 37.1 Å². The second-order valence-corrected chi connectivity index (χ2v) is 8.86. The fourth-order valence-electron chi connectivity index (χ4n) is 4.98. The second kappa shape index (κ2) is 9.39. The number of aromatic nitrogens is 1. The zero-order valence-corrected chi connectivity index (χ0v) is 17.6. The Morgan fingerprint density at radius 1 is 1.14 bits per heavy atom. The minimum absolute atomic E-state index is 0.0366. The standard InChI is InChI=1S/C23H29BClNO2/c1-16-18-14-26-22(25)13-17(18)20(9-10-21(28)19(16)15-27)23(24)11-7-5-3-2-4-6-8-12-23/h13-15,20H,2-12H2,1H3/b19-16-. The van der Waals surface area contributed by atoms with Crippen LogP contribution in [-0.2, 0) is 9.59 Å². The van der Waals surface area contributed by atoms with Crippen molar-refractivity contribution in [2.75, 3.05) is 0 Å². The zero-order chi connectivity index (χ0) is 20.1. The van der Waals surface area contributed by atoms with Crippen LogP contribution in [0, 0.1) is 0 Å². The number of hydrogen-bond acceptors (Lipinski definition) is 3. The molecule has 0 aliphatic heterocycles. The van der Waals surface area contributed by atoms with E-state index in [1.165, 1.54) is 32.1 Å². The van der Waals surface area contributed by atoms with Gasteiger partial charge in [0, 0.05) is 18.2 Å². The first-order valence-electron chi connectivity index (χ1n) is 10.6. The summed E-state index contributed by atoms with van der Waals surface area (Å²) in [7, 11) is 7.11. The van der Waals surface area contributed by atoms with E-state index >= 15 is 0 Å². The highest BCUT2D eigenvalue weighted by Crippen LogP contribution is 2.53. The summed E-state index contributed by atoms with van der Waals surface area (Å²) in [5, 5.41) is 0.0651. The molecule has 1 fully saturated rings. The van der Waals surface area contributed by atoms with Crippen LogP contribution in [0.25, 0.3) is 5.57 Å². The number of nitrogens with zero attached hydrogens (tertiary/aromatic N) is 1. The number of carbonyl (C=O) groups excluding carboxylic acids is 2. The van der Waals surface area contributed by atoms with Gasteiger partial charge in [0.25, 0.3) is 0 Å². The summed E-state index contributed by atoms with van der Waals surface area (Å²) in [6.45, 7) is 1.83. The predicted molar refractivity (Wildman–Crippen MR) is 115 cm³/mol. The van der Waals surface area contributed by atoms with Crippen molar-refractivity contribution in [3.8, 4) is 0 Å². The van der Waals surface area contributed by atoms with Crippen molar-refractivity contribution in [2.24, 2.45) is 0 Å². The molecule has 2 aliphatic rings. The number of halogens is 1. The Morgan fingerprint density at radius 3 is 2.36 bits per heavy atom. The monoisotopic (exact) mass is 397 g/mol. The van der Waals surface area contributed by atoms with Crippen LogP contribution in [0.5, 0.6) is 0 Å². The number of Topliss-reactive ketones (excluding diaryl/α,β-unsaturated/α-hetero) is 1. The predicted octanol–water partition coefficient (Wildman–Crippen LogP) is 6.01. The number of ketones is 1. The van der Waals surface area contributed by atoms with Crippen molar-refractivity contribution in [2.45, 2.75) is 88.8 Å². The Bertz CT molecular complexity index is 764. The zero-order valence-electron chi connectivity index (χ0n) is 16.8. The fourth-order valence-corrected chi connectivity index (χ4v) is 5.15. The van der Waals surface area contributed by atoms with Gasteiger partial charge >= 0.3 is 0 Å². The van der Waals surface area contributed by atoms with Crippen LogP contribution in [0.3, 0.4) is 0 Å². The molecule has 1 aromatic heterocycles. The highest BCUT2D eigenvalue weighted by Gasteiger charge is 2.37. The summed E-state index contributed by atoms with van der Waals surface area (Å²) in [5.74, 6) is -0.0592. The van der Waals surface area contributed by atoms with Crippen LogP contribution >= 0.6 is 11.6 Å². The van der Waals surface area contributed by atoms with Gasteiger partial charge in [0.2, 0.25) is 0 Å². The van der Waals surface area contributed by atoms with Crippen LogP contribution in [-0.4, -0.2) is 24.9 Å². The summed E-state index contributed by atoms with van der Waals surface area (Å²) in [6.07, 6.45) is 13.8. The molecule has 1 unspecified atom stereocenters. The molecule has 0 saturated heterocycles. The Hall–Kier alpha value is -1.42. The molecule has 148 valence electrons. The van der Waals surface area contributed by atoms with E-state index in [2.05, 4.69) is 4.98 Å². The molecule has 1 heterocycles.